The second-order valence-electron chi connectivity index (χ2n) is 3.85. The summed E-state index contributed by atoms with van der Waals surface area (Å²) in [5.74, 6) is 0.266. The Labute approximate surface area is 94.0 Å². The van der Waals surface area contributed by atoms with Crippen molar-refractivity contribution in [2.45, 2.75) is 25.8 Å². The van der Waals surface area contributed by atoms with Crippen molar-refractivity contribution in [3.05, 3.63) is 34.9 Å². The molecule has 0 saturated carbocycles. The van der Waals surface area contributed by atoms with Crippen molar-refractivity contribution in [2.24, 2.45) is 4.99 Å². The number of carbonyl (C=O) groups excluding carboxylic acids is 1. The first kappa shape index (κ1) is 10.4. The fraction of sp³-hybridized carbons (Fsp3) is 0.333. The summed E-state index contributed by atoms with van der Waals surface area (Å²) in [4.78, 5) is 15.9. The normalized spacial score (nSPS) is 21.3. The third-order valence-electron chi connectivity index (χ3n) is 2.44. The van der Waals surface area contributed by atoms with Crippen molar-refractivity contribution in [1.29, 1.82) is 0 Å². The summed E-state index contributed by atoms with van der Waals surface area (Å²) in [5.41, 5.74) is 1.88. The highest BCUT2D eigenvalue weighted by Crippen LogP contribution is 2.17. The number of Topliss-reactive ketones (excluding diaryl/α,β-unsaturated/α-hetero) is 1. The minimum Gasteiger partial charge on any atom is -0.299 e. The molecule has 1 aliphatic heterocycles. The van der Waals surface area contributed by atoms with Crippen molar-refractivity contribution < 1.29 is 4.79 Å². The summed E-state index contributed by atoms with van der Waals surface area (Å²) in [6.07, 6.45) is 1.02. The number of benzene rings is 1. The number of hydrogen-bond acceptors (Lipinski definition) is 2. The van der Waals surface area contributed by atoms with E-state index in [0.29, 0.717) is 17.9 Å². The van der Waals surface area contributed by atoms with Gasteiger partial charge in [-0.1, -0.05) is 23.7 Å². The van der Waals surface area contributed by atoms with Crippen LogP contribution in [-0.2, 0) is 4.79 Å². The van der Waals surface area contributed by atoms with Gasteiger partial charge in [-0.2, -0.15) is 0 Å². The van der Waals surface area contributed by atoms with E-state index in [9.17, 15) is 4.79 Å². The van der Waals surface area contributed by atoms with Crippen LogP contribution in [0.25, 0.3) is 0 Å². The van der Waals surface area contributed by atoms with Crippen molar-refractivity contribution in [3.63, 3.8) is 0 Å². The monoisotopic (exact) mass is 221 g/mol. The van der Waals surface area contributed by atoms with E-state index >= 15 is 0 Å². The van der Waals surface area contributed by atoms with Gasteiger partial charge in [0.05, 0.1) is 6.04 Å². The van der Waals surface area contributed by atoms with Crippen LogP contribution in [0.15, 0.2) is 29.3 Å². The molecule has 1 aliphatic rings. The molecule has 0 aliphatic carbocycles. The lowest BCUT2D eigenvalue weighted by Gasteiger charge is -2.16. The molecule has 15 heavy (non-hydrogen) atoms. The Morgan fingerprint density at radius 1 is 1.33 bits per heavy atom. The van der Waals surface area contributed by atoms with Gasteiger partial charge in [-0.25, -0.2) is 0 Å². The number of rotatable bonds is 1. The van der Waals surface area contributed by atoms with Crippen LogP contribution in [0.5, 0.6) is 0 Å². The van der Waals surface area contributed by atoms with Crippen molar-refractivity contribution in [3.8, 4) is 0 Å². The van der Waals surface area contributed by atoms with Gasteiger partial charge >= 0.3 is 0 Å². The molecule has 78 valence electrons. The van der Waals surface area contributed by atoms with Crippen LogP contribution in [0.2, 0.25) is 5.02 Å². The fourth-order valence-electron chi connectivity index (χ4n) is 1.76. The number of nitrogens with zero attached hydrogens (tertiary/aromatic N) is 1. The standard InChI is InChI=1S/C12H12ClNO/c1-8-6-11(15)7-12(14-8)9-2-4-10(13)5-3-9/h2-5,8H,6-7H2,1H3. The highest BCUT2D eigenvalue weighted by molar-refractivity contribution is 6.30. The van der Waals surface area contributed by atoms with Crippen molar-refractivity contribution in [1.82, 2.24) is 0 Å². The highest BCUT2D eigenvalue weighted by Gasteiger charge is 2.18. The zero-order valence-electron chi connectivity index (χ0n) is 8.53. The summed E-state index contributed by atoms with van der Waals surface area (Å²) in [7, 11) is 0. The van der Waals surface area contributed by atoms with Crippen LogP contribution in [0.1, 0.15) is 25.3 Å². The van der Waals surface area contributed by atoms with Gasteiger partial charge in [0.25, 0.3) is 0 Å². The zero-order valence-corrected chi connectivity index (χ0v) is 9.29. The molecule has 2 nitrogen and oxygen atoms in total. The number of aliphatic imine (C=N–C) groups is 1. The fourth-order valence-corrected chi connectivity index (χ4v) is 1.89. The lowest BCUT2D eigenvalue weighted by atomic mass is 9.98. The van der Waals surface area contributed by atoms with Crippen molar-refractivity contribution >= 4 is 23.1 Å². The van der Waals surface area contributed by atoms with Gasteiger partial charge in [0.2, 0.25) is 0 Å². The van der Waals surface area contributed by atoms with Gasteiger partial charge < -0.3 is 0 Å². The SMILES string of the molecule is CC1CC(=O)CC(c2ccc(Cl)cc2)=N1. The average molecular weight is 222 g/mol. The van der Waals surface area contributed by atoms with E-state index in [1.165, 1.54) is 0 Å². The lowest BCUT2D eigenvalue weighted by molar-refractivity contribution is -0.118. The number of ketones is 1. The maximum Gasteiger partial charge on any atom is 0.140 e. The third-order valence-corrected chi connectivity index (χ3v) is 2.69. The Bertz CT molecular complexity index is 408. The van der Waals surface area contributed by atoms with E-state index in [0.717, 1.165) is 11.3 Å². The molecule has 0 saturated heterocycles. The Morgan fingerprint density at radius 2 is 2.00 bits per heavy atom. The molecule has 0 amide bonds. The first-order chi connectivity index (χ1) is 7.15. The molecule has 1 aromatic carbocycles. The zero-order chi connectivity index (χ0) is 10.8. The van der Waals surface area contributed by atoms with E-state index in [4.69, 9.17) is 11.6 Å². The van der Waals surface area contributed by atoms with Gasteiger partial charge in [0.15, 0.2) is 0 Å². The smallest absolute Gasteiger partial charge is 0.140 e. The summed E-state index contributed by atoms with van der Waals surface area (Å²) in [6.45, 7) is 1.97. The Balaban J connectivity index is 2.30. The van der Waals surface area contributed by atoms with Crippen LogP contribution in [-0.4, -0.2) is 17.5 Å². The molecule has 3 heteroatoms. The summed E-state index contributed by atoms with van der Waals surface area (Å²) >= 11 is 5.80. The quantitative estimate of drug-likeness (QED) is 0.717. The summed E-state index contributed by atoms with van der Waals surface area (Å²) in [5, 5.41) is 0.703. The molecule has 1 unspecified atom stereocenters. The topological polar surface area (TPSA) is 29.4 Å². The minimum absolute atomic E-state index is 0.108. The lowest BCUT2D eigenvalue weighted by Crippen LogP contribution is -2.21. The highest BCUT2D eigenvalue weighted by atomic mass is 35.5. The van der Waals surface area contributed by atoms with Gasteiger partial charge in [0.1, 0.15) is 5.78 Å². The van der Waals surface area contributed by atoms with E-state index in [2.05, 4.69) is 4.99 Å². The second kappa shape index (κ2) is 4.15. The van der Waals surface area contributed by atoms with Crippen LogP contribution < -0.4 is 0 Å². The van der Waals surface area contributed by atoms with Crippen LogP contribution in [0.4, 0.5) is 0 Å². The van der Waals surface area contributed by atoms with Gasteiger partial charge in [-0.05, 0) is 24.6 Å². The van der Waals surface area contributed by atoms with Gasteiger partial charge in [-0.3, -0.25) is 9.79 Å². The minimum atomic E-state index is 0.108. The third kappa shape index (κ3) is 2.45. The molecule has 0 fully saturated rings. The molecule has 0 spiro atoms. The molecular formula is C12H12ClNO. The molecule has 2 rings (SSSR count). The molecule has 0 N–H and O–H groups in total. The first-order valence-corrected chi connectivity index (χ1v) is 5.37. The Hall–Kier alpha value is -1.15. The van der Waals surface area contributed by atoms with Crippen LogP contribution in [0, 0.1) is 0 Å². The van der Waals surface area contributed by atoms with E-state index in [1.807, 2.05) is 31.2 Å². The summed E-state index contributed by atoms with van der Waals surface area (Å²) < 4.78 is 0. The Morgan fingerprint density at radius 3 is 2.60 bits per heavy atom. The number of carbonyl (C=O) groups is 1. The molecule has 0 bridgehead atoms. The first-order valence-electron chi connectivity index (χ1n) is 4.99. The molecule has 0 aromatic heterocycles. The largest absolute Gasteiger partial charge is 0.299 e. The second-order valence-corrected chi connectivity index (χ2v) is 4.29. The number of hydrogen-bond donors (Lipinski definition) is 0. The molecule has 1 heterocycles. The molecule has 0 radical (unpaired) electrons. The molecule has 1 aromatic rings. The Kier molecular flexibility index (Phi) is 2.87. The van der Waals surface area contributed by atoms with E-state index < -0.39 is 0 Å². The van der Waals surface area contributed by atoms with Gasteiger partial charge in [-0.15, -0.1) is 0 Å². The maximum atomic E-state index is 11.4. The predicted molar refractivity (Wildman–Crippen MR) is 61.7 cm³/mol. The molecular weight excluding hydrogens is 210 g/mol. The van der Waals surface area contributed by atoms with Crippen molar-refractivity contribution in [2.75, 3.05) is 0 Å². The van der Waals surface area contributed by atoms with E-state index in [1.54, 1.807) is 0 Å². The summed E-state index contributed by atoms with van der Waals surface area (Å²) in [6, 6.07) is 7.57. The van der Waals surface area contributed by atoms with E-state index in [-0.39, 0.29) is 11.8 Å². The van der Waals surface area contributed by atoms with Crippen LogP contribution >= 0.6 is 11.6 Å². The maximum absolute atomic E-state index is 11.4. The number of halogens is 1. The van der Waals surface area contributed by atoms with Gasteiger partial charge in [0, 0.05) is 23.6 Å². The van der Waals surface area contributed by atoms with Crippen LogP contribution in [0.3, 0.4) is 0 Å². The predicted octanol–water partition coefficient (Wildman–Crippen LogP) is 2.88. The molecule has 1 atom stereocenters. The average Bonchev–Trinajstić information content (AvgIpc) is 2.17.